The van der Waals surface area contributed by atoms with Gasteiger partial charge in [0.2, 0.25) is 0 Å². The SMILES string of the molecule is O=C(OCc1ccccc1)N(CCCCCCN(CCc1ccc(O)c(OCc2ccccc2)c1)C(=O)OCc1ccccc1)CCc1ccccc1. The van der Waals surface area contributed by atoms with Crippen LogP contribution >= 0.6 is 0 Å². The summed E-state index contributed by atoms with van der Waals surface area (Å²) in [7, 11) is 0. The molecular weight excluding hydrogens is 665 g/mol. The van der Waals surface area contributed by atoms with Crippen LogP contribution in [0.15, 0.2) is 140 Å². The molecule has 0 aliphatic heterocycles. The number of carbonyl (C=O) groups is 2. The lowest BCUT2D eigenvalue weighted by Crippen LogP contribution is -2.35. The van der Waals surface area contributed by atoms with E-state index in [1.807, 2.05) is 121 Å². The number of nitrogens with zero attached hydrogens (tertiary/aromatic N) is 2. The van der Waals surface area contributed by atoms with Crippen LogP contribution in [0.3, 0.4) is 0 Å². The van der Waals surface area contributed by atoms with E-state index in [0.29, 0.717) is 45.0 Å². The second kappa shape index (κ2) is 21.6. The Bertz CT molecular complexity index is 1790. The molecule has 8 nitrogen and oxygen atoms in total. The molecule has 276 valence electrons. The molecule has 0 saturated carbocycles. The second-order valence-corrected chi connectivity index (χ2v) is 13.0. The Hall–Kier alpha value is -5.76. The standard InChI is InChI=1S/C45H50N2O6/c48-42-26-25-38(33-43(42)51-34-39-19-9-4-10-20-39)28-32-47(45(50)53-36-41-23-13-6-14-24-41)30-16-2-1-15-29-46(31-27-37-17-7-3-8-18-37)44(49)52-35-40-21-11-5-12-22-40/h3-14,17-26,33,48H,1-2,15-16,27-32,34-36H2. The normalized spacial score (nSPS) is 10.7. The molecule has 0 bridgehead atoms. The number of phenols is 1. The van der Waals surface area contributed by atoms with Gasteiger partial charge in [0.15, 0.2) is 11.5 Å². The highest BCUT2D eigenvalue weighted by molar-refractivity contribution is 5.68. The molecule has 0 aliphatic carbocycles. The monoisotopic (exact) mass is 714 g/mol. The van der Waals surface area contributed by atoms with Gasteiger partial charge in [-0.05, 0) is 65.6 Å². The third-order valence-corrected chi connectivity index (χ3v) is 8.98. The van der Waals surface area contributed by atoms with Crippen LogP contribution in [-0.2, 0) is 42.1 Å². The van der Waals surface area contributed by atoms with Gasteiger partial charge in [0.1, 0.15) is 19.8 Å². The number of ether oxygens (including phenoxy) is 3. The van der Waals surface area contributed by atoms with Crippen molar-refractivity contribution in [1.29, 1.82) is 0 Å². The van der Waals surface area contributed by atoms with Gasteiger partial charge in [0.05, 0.1) is 0 Å². The van der Waals surface area contributed by atoms with E-state index < -0.39 is 0 Å². The van der Waals surface area contributed by atoms with E-state index in [1.54, 1.807) is 15.9 Å². The molecule has 2 amide bonds. The predicted octanol–water partition coefficient (Wildman–Crippen LogP) is 9.59. The highest BCUT2D eigenvalue weighted by atomic mass is 16.6. The van der Waals surface area contributed by atoms with Gasteiger partial charge in [-0.2, -0.15) is 0 Å². The smallest absolute Gasteiger partial charge is 0.410 e. The Kier molecular flexibility index (Phi) is 15.7. The van der Waals surface area contributed by atoms with Crippen molar-refractivity contribution in [1.82, 2.24) is 9.80 Å². The van der Waals surface area contributed by atoms with E-state index >= 15 is 0 Å². The number of unbranched alkanes of at least 4 members (excludes halogenated alkanes) is 3. The molecule has 0 atom stereocenters. The molecule has 5 rings (SSSR count). The van der Waals surface area contributed by atoms with Crippen molar-refractivity contribution in [3.8, 4) is 11.5 Å². The van der Waals surface area contributed by atoms with Gasteiger partial charge >= 0.3 is 12.2 Å². The maximum atomic E-state index is 13.3. The number of carbonyl (C=O) groups excluding carboxylic acids is 2. The quantitative estimate of drug-likeness (QED) is 0.0808. The summed E-state index contributed by atoms with van der Waals surface area (Å²) in [5.41, 5.74) is 5.02. The number of rotatable bonds is 20. The molecule has 5 aromatic carbocycles. The van der Waals surface area contributed by atoms with Crippen molar-refractivity contribution in [2.24, 2.45) is 0 Å². The molecule has 0 heterocycles. The largest absolute Gasteiger partial charge is 0.504 e. The molecular formula is C45H50N2O6. The molecule has 0 spiro atoms. The zero-order chi connectivity index (χ0) is 36.9. The zero-order valence-corrected chi connectivity index (χ0v) is 30.4. The van der Waals surface area contributed by atoms with Crippen LogP contribution in [0.5, 0.6) is 11.5 Å². The lowest BCUT2D eigenvalue weighted by Gasteiger charge is -2.23. The summed E-state index contributed by atoms with van der Waals surface area (Å²) in [4.78, 5) is 30.0. The van der Waals surface area contributed by atoms with Gasteiger partial charge in [0.25, 0.3) is 0 Å². The Morgan fingerprint density at radius 3 is 1.34 bits per heavy atom. The van der Waals surface area contributed by atoms with Gasteiger partial charge in [-0.15, -0.1) is 0 Å². The fourth-order valence-electron chi connectivity index (χ4n) is 5.91. The topological polar surface area (TPSA) is 88.5 Å². The molecule has 5 aromatic rings. The van der Waals surface area contributed by atoms with E-state index in [4.69, 9.17) is 14.2 Å². The van der Waals surface area contributed by atoms with Crippen molar-refractivity contribution >= 4 is 12.2 Å². The van der Waals surface area contributed by atoms with Gasteiger partial charge in [-0.1, -0.05) is 140 Å². The summed E-state index contributed by atoms with van der Waals surface area (Å²) < 4.78 is 17.3. The third kappa shape index (κ3) is 13.7. The molecule has 0 aromatic heterocycles. The molecule has 0 fully saturated rings. The van der Waals surface area contributed by atoms with Crippen molar-refractivity contribution < 1.29 is 28.9 Å². The number of hydrogen-bond acceptors (Lipinski definition) is 6. The molecule has 53 heavy (non-hydrogen) atoms. The number of hydrogen-bond donors (Lipinski definition) is 1. The van der Waals surface area contributed by atoms with Gasteiger partial charge in [0, 0.05) is 26.2 Å². The molecule has 0 aliphatic rings. The highest BCUT2D eigenvalue weighted by Crippen LogP contribution is 2.28. The Morgan fingerprint density at radius 2 is 0.868 bits per heavy atom. The molecule has 0 saturated heterocycles. The maximum absolute atomic E-state index is 13.3. The van der Waals surface area contributed by atoms with E-state index in [-0.39, 0.29) is 31.1 Å². The minimum Gasteiger partial charge on any atom is -0.504 e. The van der Waals surface area contributed by atoms with Gasteiger partial charge in [-0.3, -0.25) is 0 Å². The highest BCUT2D eigenvalue weighted by Gasteiger charge is 2.17. The lowest BCUT2D eigenvalue weighted by molar-refractivity contribution is 0.0937. The minimum absolute atomic E-state index is 0.0758. The lowest BCUT2D eigenvalue weighted by atomic mass is 10.1. The van der Waals surface area contributed by atoms with Crippen LogP contribution in [0.2, 0.25) is 0 Å². The first kappa shape index (κ1) is 38.5. The first-order valence-electron chi connectivity index (χ1n) is 18.5. The summed E-state index contributed by atoms with van der Waals surface area (Å²) in [5.74, 6) is 0.484. The average molecular weight is 715 g/mol. The van der Waals surface area contributed by atoms with Crippen molar-refractivity contribution in [3.63, 3.8) is 0 Å². The predicted molar refractivity (Wildman–Crippen MR) is 208 cm³/mol. The zero-order valence-electron chi connectivity index (χ0n) is 30.4. The average Bonchev–Trinajstić information content (AvgIpc) is 3.21. The minimum atomic E-state index is -0.360. The maximum Gasteiger partial charge on any atom is 0.410 e. The fourth-order valence-corrected chi connectivity index (χ4v) is 5.91. The van der Waals surface area contributed by atoms with Crippen LogP contribution in [-0.4, -0.2) is 53.3 Å². The summed E-state index contributed by atoms with van der Waals surface area (Å²) in [6.07, 6.45) is 4.08. The first-order chi connectivity index (χ1) is 26.0. The summed E-state index contributed by atoms with van der Waals surface area (Å²) >= 11 is 0. The van der Waals surface area contributed by atoms with E-state index in [1.165, 1.54) is 5.56 Å². The van der Waals surface area contributed by atoms with E-state index in [2.05, 4.69) is 12.1 Å². The third-order valence-electron chi connectivity index (χ3n) is 8.98. The number of aromatic hydroxyl groups is 1. The van der Waals surface area contributed by atoms with Crippen LogP contribution in [0.25, 0.3) is 0 Å². The molecule has 0 unspecified atom stereocenters. The first-order valence-corrected chi connectivity index (χ1v) is 18.5. The van der Waals surface area contributed by atoms with Gasteiger partial charge in [-0.25, -0.2) is 9.59 Å². The van der Waals surface area contributed by atoms with Crippen LogP contribution in [0, 0.1) is 0 Å². The van der Waals surface area contributed by atoms with Crippen molar-refractivity contribution in [3.05, 3.63) is 167 Å². The van der Waals surface area contributed by atoms with Crippen LogP contribution in [0.4, 0.5) is 9.59 Å². The number of phenolic OH excluding ortho intramolecular Hbond substituents is 1. The molecule has 0 radical (unpaired) electrons. The molecule has 8 heteroatoms. The molecule has 1 N–H and O–H groups in total. The summed E-state index contributed by atoms with van der Waals surface area (Å²) in [6, 6.07) is 44.7. The van der Waals surface area contributed by atoms with Crippen LogP contribution in [0.1, 0.15) is 53.5 Å². The Balaban J connectivity index is 1.12. The summed E-state index contributed by atoms with van der Waals surface area (Å²) in [6.45, 7) is 2.95. The number of amides is 2. The fraction of sp³-hybridized carbons (Fsp3) is 0.289. The number of benzene rings is 5. The van der Waals surface area contributed by atoms with E-state index in [0.717, 1.165) is 54.4 Å². The Labute approximate surface area is 313 Å². The second-order valence-electron chi connectivity index (χ2n) is 13.0. The van der Waals surface area contributed by atoms with Crippen LogP contribution < -0.4 is 4.74 Å². The van der Waals surface area contributed by atoms with E-state index in [9.17, 15) is 14.7 Å². The van der Waals surface area contributed by atoms with Crippen molar-refractivity contribution in [2.75, 3.05) is 26.2 Å². The summed E-state index contributed by atoms with van der Waals surface area (Å²) in [5, 5.41) is 10.4. The van der Waals surface area contributed by atoms with Gasteiger partial charge < -0.3 is 29.1 Å². The van der Waals surface area contributed by atoms with Crippen molar-refractivity contribution in [2.45, 2.75) is 58.3 Å². The Morgan fingerprint density at radius 1 is 0.453 bits per heavy atom.